The lowest BCUT2D eigenvalue weighted by Gasteiger charge is -2.17. The van der Waals surface area contributed by atoms with E-state index in [0.29, 0.717) is 33.1 Å². The zero-order valence-electron chi connectivity index (χ0n) is 13.0. The van der Waals surface area contributed by atoms with E-state index in [4.69, 9.17) is 26.9 Å². The molecular formula is C16H15ClN4O3. The highest BCUT2D eigenvalue weighted by molar-refractivity contribution is 6.32. The first-order valence-electron chi connectivity index (χ1n) is 7.01. The maximum atomic E-state index is 13.0. The number of rotatable bonds is 4. The Labute approximate surface area is 142 Å². The van der Waals surface area contributed by atoms with Crippen molar-refractivity contribution in [2.24, 2.45) is 5.84 Å². The molecule has 0 radical (unpaired) electrons. The van der Waals surface area contributed by atoms with E-state index in [-0.39, 0.29) is 11.5 Å². The monoisotopic (exact) mass is 346 g/mol. The third kappa shape index (κ3) is 2.53. The molecule has 3 rings (SSSR count). The van der Waals surface area contributed by atoms with Crippen molar-refractivity contribution in [2.45, 2.75) is 0 Å². The number of benzene rings is 2. The quantitative estimate of drug-likeness (QED) is 0.556. The van der Waals surface area contributed by atoms with Gasteiger partial charge in [0.1, 0.15) is 11.5 Å². The van der Waals surface area contributed by atoms with Crippen LogP contribution < -0.4 is 26.3 Å². The summed E-state index contributed by atoms with van der Waals surface area (Å²) in [5.74, 6) is 6.52. The number of nitrogens with zero attached hydrogens (tertiary/aromatic N) is 2. The average Bonchev–Trinajstić information content (AvgIpc) is 2.61. The molecule has 0 fully saturated rings. The Morgan fingerprint density at radius 3 is 2.54 bits per heavy atom. The molecule has 0 saturated heterocycles. The highest BCUT2D eigenvalue weighted by Crippen LogP contribution is 2.35. The van der Waals surface area contributed by atoms with Crippen LogP contribution in [0.4, 0.5) is 5.95 Å². The molecule has 0 aliphatic carbocycles. The van der Waals surface area contributed by atoms with Crippen LogP contribution in [-0.2, 0) is 0 Å². The summed E-state index contributed by atoms with van der Waals surface area (Å²) in [6.07, 6.45) is 0. The first kappa shape index (κ1) is 16.1. The largest absolute Gasteiger partial charge is 0.495 e. The molecule has 0 aliphatic heterocycles. The smallest absolute Gasteiger partial charge is 0.267 e. The van der Waals surface area contributed by atoms with Crippen LogP contribution in [-0.4, -0.2) is 23.8 Å². The summed E-state index contributed by atoms with van der Waals surface area (Å²) in [5.41, 5.74) is 3.10. The van der Waals surface area contributed by atoms with Crippen molar-refractivity contribution in [3.63, 3.8) is 0 Å². The van der Waals surface area contributed by atoms with E-state index in [2.05, 4.69) is 10.4 Å². The van der Waals surface area contributed by atoms with Gasteiger partial charge < -0.3 is 9.47 Å². The van der Waals surface area contributed by atoms with Crippen LogP contribution in [0, 0.1) is 0 Å². The maximum absolute atomic E-state index is 13.0. The second-order valence-electron chi connectivity index (χ2n) is 4.90. The molecule has 0 atom stereocenters. The lowest BCUT2D eigenvalue weighted by atomic mass is 10.2. The normalized spacial score (nSPS) is 10.7. The Morgan fingerprint density at radius 2 is 1.88 bits per heavy atom. The second-order valence-corrected chi connectivity index (χ2v) is 5.30. The molecule has 0 unspecified atom stereocenters. The van der Waals surface area contributed by atoms with Crippen molar-refractivity contribution >= 4 is 28.5 Å². The van der Waals surface area contributed by atoms with Crippen LogP contribution >= 0.6 is 11.6 Å². The first-order chi connectivity index (χ1) is 11.6. The SMILES string of the molecule is COc1cc(-n2c(NN)nc3ccccc3c2=O)c(OC)cc1Cl. The molecule has 1 heterocycles. The number of nitrogens with two attached hydrogens (primary N) is 1. The number of fused-ring (bicyclic) bond motifs is 1. The molecule has 0 amide bonds. The molecule has 2 aromatic carbocycles. The second kappa shape index (κ2) is 6.38. The number of hydrazine groups is 1. The Balaban J connectivity index is 2.41. The van der Waals surface area contributed by atoms with Gasteiger partial charge in [-0.3, -0.25) is 10.2 Å². The summed E-state index contributed by atoms with van der Waals surface area (Å²) in [6.45, 7) is 0. The standard InChI is InChI=1S/C16H15ClN4O3/c1-23-13-8-12(14(24-2)7-10(13)17)21-15(22)9-5-3-4-6-11(9)19-16(21)20-18/h3-8H,18H2,1-2H3,(H,19,20). The molecule has 3 aromatic rings. The third-order valence-electron chi connectivity index (χ3n) is 3.60. The van der Waals surface area contributed by atoms with Crippen molar-refractivity contribution in [1.29, 1.82) is 0 Å². The summed E-state index contributed by atoms with van der Waals surface area (Å²) in [4.78, 5) is 17.3. The summed E-state index contributed by atoms with van der Waals surface area (Å²) >= 11 is 6.13. The first-order valence-corrected chi connectivity index (χ1v) is 7.38. The Kier molecular flexibility index (Phi) is 4.28. The lowest BCUT2D eigenvalue weighted by Crippen LogP contribution is -2.26. The number of methoxy groups -OCH3 is 2. The zero-order chi connectivity index (χ0) is 17.3. The van der Waals surface area contributed by atoms with E-state index >= 15 is 0 Å². The molecule has 24 heavy (non-hydrogen) atoms. The number of halogens is 1. The maximum Gasteiger partial charge on any atom is 0.267 e. The Morgan fingerprint density at radius 1 is 1.17 bits per heavy atom. The van der Waals surface area contributed by atoms with Crippen LogP contribution in [0.1, 0.15) is 0 Å². The topological polar surface area (TPSA) is 91.4 Å². The minimum absolute atomic E-state index is 0.168. The van der Waals surface area contributed by atoms with Gasteiger partial charge >= 0.3 is 0 Å². The number of aromatic nitrogens is 2. The van der Waals surface area contributed by atoms with Gasteiger partial charge in [-0.25, -0.2) is 15.4 Å². The lowest BCUT2D eigenvalue weighted by molar-refractivity contribution is 0.401. The van der Waals surface area contributed by atoms with E-state index in [1.165, 1.54) is 18.8 Å². The predicted molar refractivity (Wildman–Crippen MR) is 93.3 cm³/mol. The number of hydrogen-bond donors (Lipinski definition) is 2. The van der Waals surface area contributed by atoms with Gasteiger partial charge in [0.25, 0.3) is 5.56 Å². The van der Waals surface area contributed by atoms with Crippen molar-refractivity contribution in [2.75, 3.05) is 19.6 Å². The van der Waals surface area contributed by atoms with Crippen LogP contribution in [0.3, 0.4) is 0 Å². The molecule has 3 N–H and O–H groups in total. The van der Waals surface area contributed by atoms with Gasteiger partial charge in [0.2, 0.25) is 5.95 Å². The third-order valence-corrected chi connectivity index (χ3v) is 3.89. The molecule has 124 valence electrons. The average molecular weight is 347 g/mol. The van der Waals surface area contributed by atoms with Gasteiger partial charge in [-0.1, -0.05) is 23.7 Å². The van der Waals surface area contributed by atoms with Crippen molar-refractivity contribution in [1.82, 2.24) is 9.55 Å². The van der Waals surface area contributed by atoms with Crippen molar-refractivity contribution < 1.29 is 9.47 Å². The minimum atomic E-state index is -0.295. The number of para-hydroxylation sites is 1. The summed E-state index contributed by atoms with van der Waals surface area (Å²) < 4.78 is 11.9. The molecule has 0 saturated carbocycles. The van der Waals surface area contributed by atoms with E-state index < -0.39 is 0 Å². The van der Waals surface area contributed by atoms with Gasteiger partial charge in [-0.2, -0.15) is 0 Å². The fourth-order valence-electron chi connectivity index (χ4n) is 2.47. The van der Waals surface area contributed by atoms with E-state index in [0.717, 1.165) is 0 Å². The molecule has 8 heteroatoms. The van der Waals surface area contributed by atoms with Crippen LogP contribution in [0.2, 0.25) is 5.02 Å². The van der Waals surface area contributed by atoms with Crippen LogP contribution in [0.15, 0.2) is 41.2 Å². The molecule has 7 nitrogen and oxygen atoms in total. The van der Waals surface area contributed by atoms with Crippen LogP contribution in [0.5, 0.6) is 11.5 Å². The molecule has 1 aromatic heterocycles. The van der Waals surface area contributed by atoms with Gasteiger partial charge in [0, 0.05) is 12.1 Å². The predicted octanol–water partition coefficient (Wildman–Crippen LogP) is 2.34. The fourth-order valence-corrected chi connectivity index (χ4v) is 2.70. The zero-order valence-corrected chi connectivity index (χ0v) is 13.8. The number of ether oxygens (including phenoxy) is 2. The summed E-state index contributed by atoms with van der Waals surface area (Å²) in [6, 6.07) is 10.2. The van der Waals surface area contributed by atoms with E-state index in [1.807, 2.05) is 0 Å². The molecule has 0 bridgehead atoms. The number of nitrogen functional groups attached to an aromatic ring is 1. The number of anilines is 1. The highest BCUT2D eigenvalue weighted by atomic mass is 35.5. The molecular weight excluding hydrogens is 332 g/mol. The number of nitrogens with one attached hydrogen (secondary N) is 1. The highest BCUT2D eigenvalue weighted by Gasteiger charge is 2.18. The Bertz CT molecular complexity index is 971. The number of hydrogen-bond acceptors (Lipinski definition) is 6. The van der Waals surface area contributed by atoms with Crippen molar-refractivity contribution in [3.05, 3.63) is 51.8 Å². The minimum Gasteiger partial charge on any atom is -0.495 e. The van der Waals surface area contributed by atoms with Crippen LogP contribution in [0.25, 0.3) is 16.6 Å². The van der Waals surface area contributed by atoms with Gasteiger partial charge in [0.05, 0.1) is 35.8 Å². The molecule has 0 spiro atoms. The molecule has 0 aliphatic rings. The van der Waals surface area contributed by atoms with Gasteiger partial charge in [-0.05, 0) is 12.1 Å². The van der Waals surface area contributed by atoms with E-state index in [1.54, 1.807) is 36.4 Å². The van der Waals surface area contributed by atoms with Crippen molar-refractivity contribution in [3.8, 4) is 17.2 Å². The fraction of sp³-hybridized carbons (Fsp3) is 0.125. The van der Waals surface area contributed by atoms with Gasteiger partial charge in [0.15, 0.2) is 0 Å². The Hall–Kier alpha value is -2.77. The van der Waals surface area contributed by atoms with Gasteiger partial charge in [-0.15, -0.1) is 0 Å². The summed E-state index contributed by atoms with van der Waals surface area (Å²) in [7, 11) is 2.97. The summed E-state index contributed by atoms with van der Waals surface area (Å²) in [5, 5.41) is 0.814. The van der Waals surface area contributed by atoms with E-state index in [9.17, 15) is 4.79 Å².